The molecule has 1 aromatic carbocycles. The molecule has 1 saturated heterocycles. The van der Waals surface area contributed by atoms with Gasteiger partial charge in [0.25, 0.3) is 0 Å². The van der Waals surface area contributed by atoms with Crippen LogP contribution in [0.2, 0.25) is 0 Å². The minimum absolute atomic E-state index is 0.139. The highest BCUT2D eigenvalue weighted by Gasteiger charge is 2.40. The molecule has 20 heavy (non-hydrogen) atoms. The van der Waals surface area contributed by atoms with Gasteiger partial charge in [0.1, 0.15) is 11.6 Å². The summed E-state index contributed by atoms with van der Waals surface area (Å²) < 4.78 is 53.4. The lowest BCUT2D eigenvalue weighted by atomic mass is 9.81. The molecule has 4 nitrogen and oxygen atoms in total. The molecule has 2 N–H and O–H groups in total. The van der Waals surface area contributed by atoms with Crippen molar-refractivity contribution in [2.45, 2.75) is 31.2 Å². The van der Waals surface area contributed by atoms with Crippen molar-refractivity contribution in [3.8, 4) is 0 Å². The Balaban J connectivity index is 2.42. The van der Waals surface area contributed by atoms with Gasteiger partial charge >= 0.3 is 0 Å². The molecule has 1 aliphatic rings. The quantitative estimate of drug-likeness (QED) is 0.905. The van der Waals surface area contributed by atoms with E-state index in [9.17, 15) is 17.2 Å². The van der Waals surface area contributed by atoms with E-state index in [-0.39, 0.29) is 19.1 Å². The number of sulfonamides is 1. The van der Waals surface area contributed by atoms with Crippen molar-refractivity contribution in [1.82, 2.24) is 4.31 Å². The van der Waals surface area contributed by atoms with E-state index >= 15 is 0 Å². The number of hydrogen-bond acceptors (Lipinski definition) is 3. The number of hydrogen-bond donors (Lipinski definition) is 1. The SMILES string of the molecule is CC1(C)CN(S(=O)(=O)c2c(F)cccc2F)CCC1N. The van der Waals surface area contributed by atoms with Crippen LogP contribution in [0.4, 0.5) is 8.78 Å². The molecule has 0 amide bonds. The Morgan fingerprint density at radius 3 is 2.35 bits per heavy atom. The van der Waals surface area contributed by atoms with Crippen molar-refractivity contribution >= 4 is 10.0 Å². The monoisotopic (exact) mass is 304 g/mol. The van der Waals surface area contributed by atoms with Gasteiger partial charge in [-0.15, -0.1) is 0 Å². The molecule has 7 heteroatoms. The van der Waals surface area contributed by atoms with Crippen LogP contribution in [0.25, 0.3) is 0 Å². The van der Waals surface area contributed by atoms with E-state index < -0.39 is 32.0 Å². The average molecular weight is 304 g/mol. The van der Waals surface area contributed by atoms with Gasteiger partial charge in [0.15, 0.2) is 4.90 Å². The molecule has 0 bridgehead atoms. The van der Waals surface area contributed by atoms with Crippen LogP contribution in [0.3, 0.4) is 0 Å². The highest BCUT2D eigenvalue weighted by molar-refractivity contribution is 7.89. The number of nitrogens with zero attached hydrogens (tertiary/aromatic N) is 1. The van der Waals surface area contributed by atoms with Crippen molar-refractivity contribution < 1.29 is 17.2 Å². The van der Waals surface area contributed by atoms with E-state index in [2.05, 4.69) is 0 Å². The van der Waals surface area contributed by atoms with Crippen LogP contribution in [0.15, 0.2) is 23.1 Å². The zero-order chi connectivity index (χ0) is 15.1. The van der Waals surface area contributed by atoms with Gasteiger partial charge < -0.3 is 5.73 Å². The van der Waals surface area contributed by atoms with E-state index in [0.29, 0.717) is 6.42 Å². The molecular formula is C13H18F2N2O2S. The second-order valence-electron chi connectivity index (χ2n) is 5.77. The summed E-state index contributed by atoms with van der Waals surface area (Å²) in [5, 5.41) is 0. The minimum atomic E-state index is -4.19. The fourth-order valence-electron chi connectivity index (χ4n) is 2.39. The van der Waals surface area contributed by atoms with Gasteiger partial charge in [-0.3, -0.25) is 0 Å². The Kier molecular flexibility index (Phi) is 3.88. The fourth-order valence-corrected chi connectivity index (χ4v) is 4.12. The smallest absolute Gasteiger partial charge is 0.248 e. The van der Waals surface area contributed by atoms with Gasteiger partial charge in [-0.25, -0.2) is 17.2 Å². The van der Waals surface area contributed by atoms with Crippen LogP contribution >= 0.6 is 0 Å². The van der Waals surface area contributed by atoms with Gasteiger partial charge in [-0.1, -0.05) is 19.9 Å². The van der Waals surface area contributed by atoms with Gasteiger partial charge in [0.05, 0.1) is 0 Å². The first-order chi connectivity index (χ1) is 9.16. The number of benzene rings is 1. The molecule has 1 aromatic rings. The van der Waals surface area contributed by atoms with Crippen molar-refractivity contribution in [3.63, 3.8) is 0 Å². The topological polar surface area (TPSA) is 63.4 Å². The van der Waals surface area contributed by atoms with E-state index in [1.165, 1.54) is 0 Å². The van der Waals surface area contributed by atoms with Crippen LogP contribution in [0.1, 0.15) is 20.3 Å². The Bertz CT molecular complexity index is 597. The van der Waals surface area contributed by atoms with Gasteiger partial charge in [-0.05, 0) is 24.0 Å². The molecule has 0 radical (unpaired) electrons. The largest absolute Gasteiger partial charge is 0.327 e. The minimum Gasteiger partial charge on any atom is -0.327 e. The highest BCUT2D eigenvalue weighted by Crippen LogP contribution is 2.32. The summed E-state index contributed by atoms with van der Waals surface area (Å²) in [4.78, 5) is -0.883. The molecule has 0 aromatic heterocycles. The van der Waals surface area contributed by atoms with Crippen LogP contribution in [-0.4, -0.2) is 31.9 Å². The molecule has 1 unspecified atom stereocenters. The van der Waals surface area contributed by atoms with Crippen LogP contribution in [0.5, 0.6) is 0 Å². The second-order valence-corrected chi connectivity index (χ2v) is 7.65. The molecule has 0 aliphatic carbocycles. The number of piperidine rings is 1. The van der Waals surface area contributed by atoms with Crippen molar-refractivity contribution in [3.05, 3.63) is 29.8 Å². The third kappa shape index (κ3) is 2.57. The molecule has 0 saturated carbocycles. The third-order valence-corrected chi connectivity index (χ3v) is 5.69. The first-order valence-corrected chi connectivity index (χ1v) is 7.80. The van der Waals surface area contributed by atoms with Crippen molar-refractivity contribution in [2.24, 2.45) is 11.1 Å². The zero-order valence-electron chi connectivity index (χ0n) is 11.4. The number of rotatable bonds is 2. The third-order valence-electron chi connectivity index (χ3n) is 3.79. The summed E-state index contributed by atoms with van der Waals surface area (Å²) >= 11 is 0. The summed E-state index contributed by atoms with van der Waals surface area (Å²) in [5.41, 5.74) is 5.51. The van der Waals surface area contributed by atoms with E-state index in [4.69, 9.17) is 5.73 Å². The van der Waals surface area contributed by atoms with Crippen molar-refractivity contribution in [1.29, 1.82) is 0 Å². The first-order valence-electron chi connectivity index (χ1n) is 6.36. The standard InChI is InChI=1S/C13H18F2N2O2S/c1-13(2)8-17(7-6-11(13)16)20(18,19)12-9(14)4-3-5-10(12)15/h3-5,11H,6-8,16H2,1-2H3. The Labute approximate surface area is 117 Å². The van der Waals surface area contributed by atoms with Crippen LogP contribution < -0.4 is 5.73 Å². The predicted molar refractivity (Wildman–Crippen MR) is 71.5 cm³/mol. The van der Waals surface area contributed by atoms with E-state index in [0.717, 1.165) is 22.5 Å². The second kappa shape index (κ2) is 5.05. The van der Waals surface area contributed by atoms with E-state index in [1.807, 2.05) is 13.8 Å². The number of halogens is 2. The maximum absolute atomic E-state index is 13.7. The molecule has 2 rings (SSSR count). The fraction of sp³-hybridized carbons (Fsp3) is 0.538. The van der Waals surface area contributed by atoms with Crippen LogP contribution in [0, 0.1) is 17.0 Å². The van der Waals surface area contributed by atoms with Gasteiger partial charge in [0.2, 0.25) is 10.0 Å². The van der Waals surface area contributed by atoms with Crippen molar-refractivity contribution in [2.75, 3.05) is 13.1 Å². The molecule has 0 spiro atoms. The summed E-state index contributed by atoms with van der Waals surface area (Å²) in [6.45, 7) is 4.00. The molecule has 112 valence electrons. The first kappa shape index (κ1) is 15.3. The lowest BCUT2D eigenvalue weighted by molar-refractivity contribution is 0.155. The maximum atomic E-state index is 13.7. The Morgan fingerprint density at radius 1 is 1.30 bits per heavy atom. The molecule has 1 heterocycles. The zero-order valence-corrected chi connectivity index (χ0v) is 12.3. The lowest BCUT2D eigenvalue weighted by Gasteiger charge is -2.41. The summed E-state index contributed by atoms with van der Waals surface area (Å²) in [6.07, 6.45) is 0.461. The summed E-state index contributed by atoms with van der Waals surface area (Å²) in [5.74, 6) is -2.14. The van der Waals surface area contributed by atoms with E-state index in [1.54, 1.807) is 0 Å². The maximum Gasteiger partial charge on any atom is 0.248 e. The Morgan fingerprint density at radius 2 is 1.85 bits per heavy atom. The predicted octanol–water partition coefficient (Wildman–Crippen LogP) is 1.71. The van der Waals surface area contributed by atoms with Gasteiger partial charge in [0, 0.05) is 19.1 Å². The normalized spacial score (nSPS) is 23.8. The molecule has 1 aliphatic heterocycles. The highest BCUT2D eigenvalue weighted by atomic mass is 32.2. The lowest BCUT2D eigenvalue weighted by Crippen LogP contribution is -2.54. The molecule has 1 fully saturated rings. The van der Waals surface area contributed by atoms with Gasteiger partial charge in [-0.2, -0.15) is 4.31 Å². The molecular weight excluding hydrogens is 286 g/mol. The average Bonchev–Trinajstić information content (AvgIpc) is 2.32. The summed E-state index contributed by atoms with van der Waals surface area (Å²) in [7, 11) is -4.19. The summed E-state index contributed by atoms with van der Waals surface area (Å²) in [6, 6.07) is 2.88. The van der Waals surface area contributed by atoms with Crippen LogP contribution in [-0.2, 0) is 10.0 Å². The Hall–Kier alpha value is -1.05. The number of nitrogens with two attached hydrogens (primary N) is 1. The molecule has 1 atom stereocenters.